The molecule has 0 atom stereocenters. The Balaban J connectivity index is 2.41. The Hall–Kier alpha value is -1.60. The molecular weight excluding hydrogens is 236 g/mol. The van der Waals surface area contributed by atoms with Crippen LogP contribution in [-0.2, 0) is 4.74 Å². The number of methoxy groups -OCH3 is 1. The fourth-order valence-electron chi connectivity index (χ4n) is 1.29. The number of hydrogen-bond acceptors (Lipinski definition) is 7. The molecule has 1 aromatic rings. The molecule has 0 aliphatic heterocycles. The number of anilines is 1. The lowest BCUT2D eigenvalue weighted by Crippen LogP contribution is -2.13. The van der Waals surface area contributed by atoms with Gasteiger partial charge in [-0.15, -0.1) is 0 Å². The topological polar surface area (TPSA) is 91.5 Å². The molecule has 1 rings (SSSR count). The van der Waals surface area contributed by atoms with Gasteiger partial charge >= 0.3 is 0 Å². The molecule has 102 valence electrons. The van der Waals surface area contributed by atoms with Crippen molar-refractivity contribution in [3.05, 3.63) is 6.33 Å². The second-order valence-electron chi connectivity index (χ2n) is 3.52. The molecule has 1 aromatic heterocycles. The van der Waals surface area contributed by atoms with E-state index < -0.39 is 0 Å². The number of nitrogens with two attached hydrogens (primary N) is 1. The van der Waals surface area contributed by atoms with Crippen LogP contribution >= 0.6 is 0 Å². The summed E-state index contributed by atoms with van der Waals surface area (Å²) < 4.78 is 16.0. The minimum absolute atomic E-state index is 0.347. The van der Waals surface area contributed by atoms with Gasteiger partial charge in [0.2, 0.25) is 5.75 Å². The molecule has 0 amide bonds. The van der Waals surface area contributed by atoms with Crippen molar-refractivity contribution in [3.8, 4) is 11.6 Å². The fourth-order valence-corrected chi connectivity index (χ4v) is 1.29. The van der Waals surface area contributed by atoms with E-state index in [4.69, 9.17) is 20.1 Å². The Kier molecular flexibility index (Phi) is 6.82. The molecule has 3 N–H and O–H groups in total. The number of unbranched alkanes of at least 4 members (excludes halogenated alkanes) is 1. The first-order valence-corrected chi connectivity index (χ1v) is 5.89. The molecule has 0 saturated heterocycles. The molecule has 0 aliphatic rings. The van der Waals surface area contributed by atoms with Crippen LogP contribution in [-0.4, -0.2) is 36.9 Å². The van der Waals surface area contributed by atoms with Gasteiger partial charge in [-0.2, -0.15) is 4.98 Å². The maximum Gasteiger partial charge on any atom is 0.262 e. The van der Waals surface area contributed by atoms with E-state index in [0.29, 0.717) is 30.7 Å². The van der Waals surface area contributed by atoms with E-state index in [1.807, 2.05) is 0 Å². The maximum atomic E-state index is 5.45. The van der Waals surface area contributed by atoms with Gasteiger partial charge in [0.1, 0.15) is 12.9 Å². The van der Waals surface area contributed by atoms with E-state index in [2.05, 4.69) is 22.3 Å². The van der Waals surface area contributed by atoms with Crippen molar-refractivity contribution in [3.63, 3.8) is 0 Å². The molecule has 18 heavy (non-hydrogen) atoms. The summed E-state index contributed by atoms with van der Waals surface area (Å²) in [7, 11) is 1.50. The lowest BCUT2D eigenvalue weighted by atomic mass is 10.4. The van der Waals surface area contributed by atoms with Crippen LogP contribution in [0.1, 0.15) is 19.8 Å². The lowest BCUT2D eigenvalue weighted by Gasteiger charge is -2.11. The van der Waals surface area contributed by atoms with Crippen molar-refractivity contribution >= 4 is 5.82 Å². The number of aromatic nitrogens is 2. The average Bonchev–Trinajstić information content (AvgIpc) is 2.42. The van der Waals surface area contributed by atoms with Gasteiger partial charge in [0.15, 0.2) is 5.82 Å². The first-order chi connectivity index (χ1) is 8.83. The van der Waals surface area contributed by atoms with Crippen molar-refractivity contribution < 1.29 is 14.2 Å². The van der Waals surface area contributed by atoms with E-state index in [9.17, 15) is 0 Å². The van der Waals surface area contributed by atoms with Crippen LogP contribution in [0.25, 0.3) is 0 Å². The molecule has 0 fully saturated rings. The number of hydrogen-bond donors (Lipinski definition) is 2. The van der Waals surface area contributed by atoms with Crippen LogP contribution in [0.5, 0.6) is 11.6 Å². The molecule has 7 nitrogen and oxygen atoms in total. The van der Waals surface area contributed by atoms with Gasteiger partial charge in [-0.25, -0.2) is 10.8 Å². The van der Waals surface area contributed by atoms with Crippen LogP contribution in [0.2, 0.25) is 0 Å². The Morgan fingerprint density at radius 2 is 2.11 bits per heavy atom. The highest BCUT2D eigenvalue weighted by molar-refractivity contribution is 5.54. The molecule has 0 bridgehead atoms. The fraction of sp³-hybridized carbons (Fsp3) is 0.636. The van der Waals surface area contributed by atoms with Gasteiger partial charge in [0.05, 0.1) is 13.7 Å². The molecule has 0 aliphatic carbocycles. The molecular formula is C11H20N4O3. The van der Waals surface area contributed by atoms with Gasteiger partial charge in [-0.1, -0.05) is 13.3 Å². The Morgan fingerprint density at radius 1 is 1.28 bits per heavy atom. The monoisotopic (exact) mass is 256 g/mol. The van der Waals surface area contributed by atoms with Gasteiger partial charge in [-0.3, -0.25) is 0 Å². The minimum Gasteiger partial charge on any atom is -0.489 e. The van der Waals surface area contributed by atoms with E-state index in [1.165, 1.54) is 13.4 Å². The highest BCUT2D eigenvalue weighted by Gasteiger charge is 2.12. The Morgan fingerprint density at radius 3 is 2.78 bits per heavy atom. The summed E-state index contributed by atoms with van der Waals surface area (Å²) in [6.07, 6.45) is 3.52. The summed E-state index contributed by atoms with van der Waals surface area (Å²) in [5.41, 5.74) is 2.42. The Bertz CT molecular complexity index is 349. The van der Waals surface area contributed by atoms with Gasteiger partial charge < -0.3 is 19.6 Å². The van der Waals surface area contributed by atoms with Crippen LogP contribution in [0.3, 0.4) is 0 Å². The molecule has 0 unspecified atom stereocenters. The number of hydrazine groups is 1. The van der Waals surface area contributed by atoms with Crippen molar-refractivity contribution in [2.45, 2.75) is 19.8 Å². The second kappa shape index (κ2) is 8.48. The summed E-state index contributed by atoms with van der Waals surface area (Å²) in [5.74, 6) is 6.42. The van der Waals surface area contributed by atoms with Crippen LogP contribution in [0.4, 0.5) is 5.82 Å². The first-order valence-electron chi connectivity index (χ1n) is 5.89. The Labute approximate surface area is 107 Å². The average molecular weight is 256 g/mol. The minimum atomic E-state index is 0.347. The predicted molar refractivity (Wildman–Crippen MR) is 67.6 cm³/mol. The van der Waals surface area contributed by atoms with Crippen molar-refractivity contribution in [2.75, 3.05) is 32.4 Å². The smallest absolute Gasteiger partial charge is 0.262 e. The number of ether oxygens (including phenoxy) is 3. The molecule has 0 aromatic carbocycles. The van der Waals surface area contributed by atoms with Crippen LogP contribution in [0.15, 0.2) is 6.33 Å². The third-order valence-electron chi connectivity index (χ3n) is 2.22. The quantitative estimate of drug-likeness (QED) is 0.386. The summed E-state index contributed by atoms with van der Waals surface area (Å²) in [4.78, 5) is 7.90. The number of rotatable bonds is 9. The largest absolute Gasteiger partial charge is 0.489 e. The highest BCUT2D eigenvalue weighted by atomic mass is 16.5. The van der Waals surface area contributed by atoms with Crippen LogP contribution < -0.4 is 20.7 Å². The molecule has 0 radical (unpaired) electrons. The zero-order valence-corrected chi connectivity index (χ0v) is 10.8. The van der Waals surface area contributed by atoms with E-state index in [-0.39, 0.29) is 0 Å². The van der Waals surface area contributed by atoms with Crippen molar-refractivity contribution in [1.82, 2.24) is 9.97 Å². The zero-order valence-electron chi connectivity index (χ0n) is 10.8. The highest BCUT2D eigenvalue weighted by Crippen LogP contribution is 2.29. The van der Waals surface area contributed by atoms with E-state index in [0.717, 1.165) is 19.4 Å². The molecule has 1 heterocycles. The molecule has 0 saturated carbocycles. The SMILES string of the molecule is CCCCOCCOc1ncnc(NN)c1OC. The molecule has 0 spiro atoms. The van der Waals surface area contributed by atoms with E-state index >= 15 is 0 Å². The number of nitrogens with one attached hydrogen (secondary N) is 1. The standard InChI is InChI=1S/C11H20N4O3/c1-3-4-5-17-6-7-18-11-9(16-2)10(15-12)13-8-14-11/h8H,3-7,12H2,1-2H3,(H,13,14,15). The number of nitrogen functional groups attached to an aromatic ring is 1. The maximum absolute atomic E-state index is 5.45. The lowest BCUT2D eigenvalue weighted by molar-refractivity contribution is 0.0953. The first kappa shape index (κ1) is 14.5. The van der Waals surface area contributed by atoms with Crippen molar-refractivity contribution in [2.24, 2.45) is 5.84 Å². The normalized spacial score (nSPS) is 10.2. The van der Waals surface area contributed by atoms with Gasteiger partial charge in [0.25, 0.3) is 5.88 Å². The van der Waals surface area contributed by atoms with Crippen LogP contribution in [0, 0.1) is 0 Å². The summed E-state index contributed by atoms with van der Waals surface area (Å²) in [6, 6.07) is 0. The third-order valence-corrected chi connectivity index (χ3v) is 2.22. The summed E-state index contributed by atoms with van der Waals surface area (Å²) in [5, 5.41) is 0. The van der Waals surface area contributed by atoms with Gasteiger partial charge in [-0.05, 0) is 6.42 Å². The third kappa shape index (κ3) is 4.34. The zero-order chi connectivity index (χ0) is 13.2. The van der Waals surface area contributed by atoms with Gasteiger partial charge in [0, 0.05) is 6.61 Å². The molecule has 7 heteroatoms. The number of nitrogens with zero attached hydrogens (tertiary/aromatic N) is 2. The summed E-state index contributed by atoms with van der Waals surface area (Å²) in [6.45, 7) is 3.78. The van der Waals surface area contributed by atoms with E-state index in [1.54, 1.807) is 0 Å². The second-order valence-corrected chi connectivity index (χ2v) is 3.52. The predicted octanol–water partition coefficient (Wildman–Crippen LogP) is 0.966. The summed E-state index contributed by atoms with van der Waals surface area (Å²) >= 11 is 0. The van der Waals surface area contributed by atoms with Crippen molar-refractivity contribution in [1.29, 1.82) is 0 Å².